The zero-order valence-electron chi connectivity index (χ0n) is 10.5. The van der Waals surface area contributed by atoms with E-state index in [1.165, 1.54) is 0 Å². The van der Waals surface area contributed by atoms with Crippen LogP contribution < -0.4 is 56.5 Å². The summed E-state index contributed by atoms with van der Waals surface area (Å²) >= 11 is 0. The first-order chi connectivity index (χ1) is 9.05. The van der Waals surface area contributed by atoms with Crippen molar-refractivity contribution in [1.29, 1.82) is 0 Å². The molecule has 1 aliphatic heterocycles. The molecule has 22 heavy (non-hydrogen) atoms. The van der Waals surface area contributed by atoms with Gasteiger partial charge in [-0.15, -0.1) is 0 Å². The van der Waals surface area contributed by atoms with Crippen LogP contribution in [0.1, 0.15) is 6.42 Å². The summed E-state index contributed by atoms with van der Waals surface area (Å²) in [4.78, 5) is 7.71. The summed E-state index contributed by atoms with van der Waals surface area (Å²) in [6.45, 7) is -2.26. The fourth-order valence-corrected chi connectivity index (χ4v) is 1.57. The molecule has 0 unspecified atom stereocenters. The summed E-state index contributed by atoms with van der Waals surface area (Å²) in [6.07, 6.45) is -1.79. The number of alkyl halides is 10. The molecule has 0 amide bonds. The SMILES string of the molecule is O=C([O-])CCN1C(F)(F)C(F)(F)C(F)(F)C(F)(F)C1(F)F.[K+]. The van der Waals surface area contributed by atoms with Crippen LogP contribution in [0.3, 0.4) is 0 Å². The van der Waals surface area contributed by atoms with Crippen molar-refractivity contribution in [1.82, 2.24) is 4.90 Å². The second-order valence-electron chi connectivity index (χ2n) is 4.08. The van der Waals surface area contributed by atoms with Gasteiger partial charge in [-0.2, -0.15) is 48.8 Å². The molecule has 1 heterocycles. The molecule has 0 aliphatic carbocycles. The Kier molecular flexibility index (Phi) is 6.12. The molecule has 0 bridgehead atoms. The zero-order chi connectivity index (χ0) is 17.1. The Morgan fingerprint density at radius 2 is 1.09 bits per heavy atom. The Morgan fingerprint density at radius 1 is 0.773 bits per heavy atom. The summed E-state index contributed by atoms with van der Waals surface area (Å²) in [5, 5.41) is 9.96. The van der Waals surface area contributed by atoms with Gasteiger partial charge in [0.2, 0.25) is 0 Å². The molecule has 14 heteroatoms. The van der Waals surface area contributed by atoms with Crippen LogP contribution >= 0.6 is 0 Å². The summed E-state index contributed by atoms with van der Waals surface area (Å²) in [5.41, 5.74) is 0. The molecule has 1 fully saturated rings. The van der Waals surface area contributed by atoms with E-state index in [2.05, 4.69) is 0 Å². The molecule has 3 nitrogen and oxygen atoms in total. The fraction of sp³-hybridized carbons (Fsp3) is 0.875. The fourth-order valence-electron chi connectivity index (χ4n) is 1.57. The van der Waals surface area contributed by atoms with Gasteiger partial charge in [0.25, 0.3) is 0 Å². The molecule has 1 saturated heterocycles. The van der Waals surface area contributed by atoms with Crippen molar-refractivity contribution in [3.63, 3.8) is 0 Å². The Balaban J connectivity index is 0.00000441. The predicted molar refractivity (Wildman–Crippen MR) is 41.1 cm³/mol. The number of hydrogen-bond acceptors (Lipinski definition) is 3. The number of carboxylic acids is 1. The van der Waals surface area contributed by atoms with Gasteiger partial charge in [0.05, 0.1) is 0 Å². The van der Waals surface area contributed by atoms with E-state index < -0.39 is 53.7 Å². The normalized spacial score (nSPS) is 27.7. The molecule has 0 atom stereocenters. The van der Waals surface area contributed by atoms with E-state index >= 15 is 0 Å². The molecule has 0 aromatic heterocycles. The van der Waals surface area contributed by atoms with Gasteiger partial charge >= 0.3 is 81.2 Å². The van der Waals surface area contributed by atoms with E-state index in [9.17, 15) is 53.8 Å². The standard InChI is InChI=1S/C8H5F10NO2.K/c9-4(10)5(11,12)7(15,16)19(2-1-3(20)21)8(17,18)6(4,13)14;/h1-2H2,(H,20,21);/q;+1/p-1. The molecule has 0 aromatic carbocycles. The number of carboxylic acid groups (broad SMARTS) is 1. The molecule has 124 valence electrons. The minimum Gasteiger partial charge on any atom is -0.550 e. The van der Waals surface area contributed by atoms with Crippen LogP contribution in [-0.2, 0) is 4.79 Å². The molecule has 0 N–H and O–H groups in total. The van der Waals surface area contributed by atoms with Crippen molar-refractivity contribution in [2.75, 3.05) is 6.54 Å². The topological polar surface area (TPSA) is 43.4 Å². The second kappa shape index (κ2) is 6.02. The van der Waals surface area contributed by atoms with Crippen LogP contribution in [0.25, 0.3) is 0 Å². The number of aliphatic carboxylic acids is 1. The van der Waals surface area contributed by atoms with E-state index in [0.717, 1.165) is 0 Å². The smallest absolute Gasteiger partial charge is 0.550 e. The van der Waals surface area contributed by atoms with Crippen molar-refractivity contribution >= 4 is 5.97 Å². The Bertz CT molecular complexity index is 424. The summed E-state index contributed by atoms with van der Waals surface area (Å²) in [7, 11) is 0. The van der Waals surface area contributed by atoms with E-state index in [-0.39, 0.29) is 51.4 Å². The maximum absolute atomic E-state index is 13.1. The number of carbonyl (C=O) groups excluding carboxylic acids is 1. The quantitative estimate of drug-likeness (QED) is 0.344. The van der Waals surface area contributed by atoms with Gasteiger partial charge in [0.1, 0.15) is 0 Å². The average molecular weight is 375 g/mol. The molecule has 0 saturated carbocycles. The van der Waals surface area contributed by atoms with Gasteiger partial charge in [-0.1, -0.05) is 0 Å². The summed E-state index contributed by atoms with van der Waals surface area (Å²) in [5.74, 6) is -23.1. The number of nitrogens with zero attached hydrogens (tertiary/aromatic N) is 1. The average Bonchev–Trinajstić information content (AvgIpc) is 2.25. The van der Waals surface area contributed by atoms with Gasteiger partial charge in [0, 0.05) is 18.9 Å². The third-order valence-electron chi connectivity index (χ3n) is 2.76. The number of piperidine rings is 1. The number of halogens is 10. The van der Waals surface area contributed by atoms with E-state index in [1.54, 1.807) is 0 Å². The maximum Gasteiger partial charge on any atom is 1.00 e. The number of rotatable bonds is 3. The molecule has 0 aromatic rings. The molecule has 0 spiro atoms. The molecule has 1 rings (SSSR count). The zero-order valence-corrected chi connectivity index (χ0v) is 13.6. The van der Waals surface area contributed by atoms with Crippen LogP contribution in [0.15, 0.2) is 0 Å². The molecule has 0 radical (unpaired) electrons. The number of carbonyl (C=O) groups is 1. The summed E-state index contributed by atoms with van der Waals surface area (Å²) in [6, 6.07) is -12.8. The van der Waals surface area contributed by atoms with Crippen LogP contribution in [0.4, 0.5) is 43.9 Å². The second-order valence-corrected chi connectivity index (χ2v) is 4.08. The Morgan fingerprint density at radius 3 is 1.36 bits per heavy atom. The molecule has 1 aliphatic rings. The first-order valence-corrected chi connectivity index (χ1v) is 4.92. The van der Waals surface area contributed by atoms with Crippen molar-refractivity contribution in [3.05, 3.63) is 0 Å². The number of hydrogen-bond donors (Lipinski definition) is 0. The largest absolute Gasteiger partial charge is 1.00 e. The van der Waals surface area contributed by atoms with Gasteiger partial charge in [-0.25, -0.2) is 0 Å². The van der Waals surface area contributed by atoms with E-state index in [4.69, 9.17) is 0 Å². The maximum atomic E-state index is 13.1. The Labute approximate surface area is 158 Å². The van der Waals surface area contributed by atoms with Crippen LogP contribution in [0.2, 0.25) is 0 Å². The van der Waals surface area contributed by atoms with E-state index in [1.807, 2.05) is 0 Å². The minimum absolute atomic E-state index is 0. The Hall–Kier alpha value is 0.366. The first-order valence-electron chi connectivity index (χ1n) is 4.92. The summed E-state index contributed by atoms with van der Waals surface area (Å²) < 4.78 is 129. The molecular weight excluding hydrogens is 371 g/mol. The monoisotopic (exact) mass is 375 g/mol. The van der Waals surface area contributed by atoms with Gasteiger partial charge < -0.3 is 9.90 Å². The van der Waals surface area contributed by atoms with Crippen molar-refractivity contribution in [2.45, 2.75) is 36.3 Å². The number of likely N-dealkylation sites (tertiary alicyclic amines) is 1. The van der Waals surface area contributed by atoms with Crippen molar-refractivity contribution in [2.24, 2.45) is 0 Å². The minimum atomic E-state index is -7.06. The van der Waals surface area contributed by atoms with E-state index in [0.29, 0.717) is 0 Å². The van der Waals surface area contributed by atoms with Gasteiger partial charge in [-0.3, -0.25) is 0 Å². The third kappa shape index (κ3) is 2.68. The van der Waals surface area contributed by atoms with Gasteiger partial charge in [0.15, 0.2) is 0 Å². The van der Waals surface area contributed by atoms with Crippen molar-refractivity contribution in [3.8, 4) is 0 Å². The van der Waals surface area contributed by atoms with Crippen molar-refractivity contribution < 1.29 is 105 Å². The van der Waals surface area contributed by atoms with Crippen LogP contribution in [0, 0.1) is 0 Å². The third-order valence-corrected chi connectivity index (χ3v) is 2.76. The predicted octanol–water partition coefficient (Wildman–Crippen LogP) is -1.46. The van der Waals surface area contributed by atoms with Gasteiger partial charge in [-0.05, 0) is 0 Å². The first kappa shape index (κ1) is 22.4. The van der Waals surface area contributed by atoms with Crippen LogP contribution in [0.5, 0.6) is 0 Å². The van der Waals surface area contributed by atoms with Crippen LogP contribution in [-0.4, -0.2) is 47.3 Å². The molecular formula is C8H4F10KNO2.